The maximum Gasteiger partial charge on any atom is 0.312 e. The molecule has 0 saturated carbocycles. The average molecular weight is 251 g/mol. The molecule has 3 N–H and O–H groups in total. The molecule has 0 saturated heterocycles. The number of carboxylic acids is 2. The topological polar surface area (TPSA) is 104 Å². The molecule has 1 rings (SSSR count). The number of aliphatic carboxylic acids is 2. The molecular weight excluding hydrogens is 238 g/mol. The van der Waals surface area contributed by atoms with Crippen LogP contribution in [0.15, 0.2) is 24.3 Å². The van der Waals surface area contributed by atoms with Crippen LogP contribution in [0.3, 0.4) is 0 Å². The van der Waals surface area contributed by atoms with Crippen LogP contribution in [0, 0.1) is 0 Å². The van der Waals surface area contributed by atoms with Crippen LogP contribution in [0.4, 0.5) is 5.69 Å². The molecule has 0 heterocycles. The summed E-state index contributed by atoms with van der Waals surface area (Å²) in [6, 6.07) is 6.71. The van der Waals surface area contributed by atoms with Crippen LogP contribution in [-0.4, -0.2) is 28.1 Å². The highest BCUT2D eigenvalue weighted by atomic mass is 16.4. The average Bonchev–Trinajstić information content (AvgIpc) is 2.26. The predicted molar refractivity (Wildman–Crippen MR) is 63.3 cm³/mol. The largest absolute Gasteiger partial charge is 0.481 e. The van der Waals surface area contributed by atoms with Crippen LogP contribution in [-0.2, 0) is 20.8 Å². The van der Waals surface area contributed by atoms with E-state index in [1.807, 2.05) is 0 Å². The summed E-state index contributed by atoms with van der Waals surface area (Å²) in [5.41, 5.74) is 1.11. The fourth-order valence-corrected chi connectivity index (χ4v) is 1.43. The Morgan fingerprint density at radius 1 is 1.06 bits per heavy atom. The molecule has 0 atom stereocenters. The van der Waals surface area contributed by atoms with E-state index in [4.69, 9.17) is 10.2 Å². The van der Waals surface area contributed by atoms with Gasteiger partial charge in [0.2, 0.25) is 5.91 Å². The third-order valence-electron chi connectivity index (χ3n) is 2.21. The van der Waals surface area contributed by atoms with Gasteiger partial charge in [-0.15, -0.1) is 0 Å². The zero-order valence-corrected chi connectivity index (χ0v) is 9.55. The van der Waals surface area contributed by atoms with Crippen molar-refractivity contribution in [3.05, 3.63) is 29.8 Å². The van der Waals surface area contributed by atoms with Gasteiger partial charge in [0.15, 0.2) is 0 Å². The molecule has 1 amide bonds. The summed E-state index contributed by atoms with van der Waals surface area (Å²) in [6.07, 6.45) is -0.391. The molecule has 0 aliphatic rings. The van der Waals surface area contributed by atoms with Crippen LogP contribution in [0.2, 0.25) is 0 Å². The van der Waals surface area contributed by atoms with Gasteiger partial charge >= 0.3 is 11.9 Å². The summed E-state index contributed by atoms with van der Waals surface area (Å²) in [5, 5.41) is 19.5. The van der Waals surface area contributed by atoms with Crippen molar-refractivity contribution in [3.63, 3.8) is 0 Å². The lowest BCUT2D eigenvalue weighted by Crippen LogP contribution is -2.17. The van der Waals surface area contributed by atoms with Crippen LogP contribution < -0.4 is 5.32 Å². The molecule has 0 aliphatic carbocycles. The van der Waals surface area contributed by atoms with Crippen molar-refractivity contribution in [2.45, 2.75) is 19.3 Å². The molecule has 0 unspecified atom stereocenters. The van der Waals surface area contributed by atoms with E-state index in [1.165, 1.54) is 0 Å². The second kappa shape index (κ2) is 6.39. The van der Waals surface area contributed by atoms with E-state index in [9.17, 15) is 14.4 Å². The van der Waals surface area contributed by atoms with Gasteiger partial charge in [0.25, 0.3) is 0 Å². The number of anilines is 1. The van der Waals surface area contributed by atoms with Gasteiger partial charge in [-0.05, 0) is 18.1 Å². The summed E-state index contributed by atoms with van der Waals surface area (Å²) < 4.78 is 0. The Morgan fingerprint density at radius 2 is 1.72 bits per heavy atom. The Kier molecular flexibility index (Phi) is 4.86. The van der Waals surface area contributed by atoms with Crippen LogP contribution in [0.1, 0.15) is 18.4 Å². The van der Waals surface area contributed by atoms with Gasteiger partial charge in [-0.3, -0.25) is 14.4 Å². The lowest BCUT2D eigenvalue weighted by atomic mass is 10.1. The van der Waals surface area contributed by atoms with Crippen molar-refractivity contribution in [3.8, 4) is 0 Å². The Hall–Kier alpha value is -2.37. The monoisotopic (exact) mass is 251 g/mol. The number of carbonyl (C=O) groups excluding carboxylic acids is 1. The number of para-hydroxylation sites is 1. The first kappa shape index (κ1) is 13.7. The van der Waals surface area contributed by atoms with E-state index in [2.05, 4.69) is 5.32 Å². The molecule has 0 spiro atoms. The second-order valence-corrected chi connectivity index (χ2v) is 3.67. The molecule has 0 bridgehead atoms. The number of carbonyl (C=O) groups is 3. The Labute approximate surface area is 103 Å². The van der Waals surface area contributed by atoms with Gasteiger partial charge in [0.05, 0.1) is 0 Å². The van der Waals surface area contributed by atoms with Crippen molar-refractivity contribution < 1.29 is 24.6 Å². The quantitative estimate of drug-likeness (QED) is 0.657. The van der Waals surface area contributed by atoms with Crippen LogP contribution >= 0.6 is 0 Å². The van der Waals surface area contributed by atoms with Gasteiger partial charge in [-0.1, -0.05) is 18.2 Å². The van der Waals surface area contributed by atoms with Gasteiger partial charge in [-0.2, -0.15) is 0 Å². The third kappa shape index (κ3) is 4.65. The Morgan fingerprint density at radius 3 is 2.33 bits per heavy atom. The molecule has 0 aromatic heterocycles. The predicted octanol–water partition coefficient (Wildman–Crippen LogP) is 1.12. The van der Waals surface area contributed by atoms with Gasteiger partial charge in [0, 0.05) is 12.1 Å². The Balaban J connectivity index is 2.72. The van der Waals surface area contributed by atoms with Gasteiger partial charge in [-0.25, -0.2) is 0 Å². The highest BCUT2D eigenvalue weighted by molar-refractivity contribution is 6.01. The van der Waals surface area contributed by atoms with Crippen molar-refractivity contribution in [2.75, 3.05) is 5.32 Å². The lowest BCUT2D eigenvalue weighted by molar-refractivity contribution is -0.140. The van der Waals surface area contributed by atoms with E-state index < -0.39 is 24.3 Å². The smallest absolute Gasteiger partial charge is 0.312 e. The number of carboxylic acid groups (broad SMARTS) is 2. The van der Waals surface area contributed by atoms with Crippen molar-refractivity contribution in [1.82, 2.24) is 0 Å². The normalized spacial score (nSPS) is 9.78. The van der Waals surface area contributed by atoms with Gasteiger partial charge < -0.3 is 15.5 Å². The minimum absolute atomic E-state index is 0.0498. The number of hydrogen-bond donors (Lipinski definition) is 3. The van der Waals surface area contributed by atoms with E-state index in [0.717, 1.165) is 0 Å². The molecule has 0 aliphatic heterocycles. The van der Waals surface area contributed by atoms with E-state index >= 15 is 0 Å². The zero-order chi connectivity index (χ0) is 13.5. The standard InChI is InChI=1S/C12H13NO5/c14-10(7-12(17)18)13-9-4-2-1-3-8(9)5-6-11(15)16/h1-4H,5-7H2,(H,13,14)(H,15,16)(H,17,18). The summed E-state index contributed by atoms with van der Waals surface area (Å²) in [6.45, 7) is 0. The molecule has 1 aromatic rings. The van der Waals surface area contributed by atoms with Crippen molar-refractivity contribution in [1.29, 1.82) is 0 Å². The molecular formula is C12H13NO5. The number of benzene rings is 1. The number of amides is 1. The van der Waals surface area contributed by atoms with Crippen LogP contribution in [0.5, 0.6) is 0 Å². The number of aryl methyl sites for hydroxylation is 1. The van der Waals surface area contributed by atoms with Crippen LogP contribution in [0.25, 0.3) is 0 Å². The highest BCUT2D eigenvalue weighted by Crippen LogP contribution is 2.17. The molecule has 18 heavy (non-hydrogen) atoms. The molecule has 1 aromatic carbocycles. The van der Waals surface area contributed by atoms with E-state index in [-0.39, 0.29) is 12.8 Å². The van der Waals surface area contributed by atoms with Crippen molar-refractivity contribution in [2.24, 2.45) is 0 Å². The summed E-state index contributed by atoms with van der Waals surface area (Å²) in [7, 11) is 0. The highest BCUT2D eigenvalue weighted by Gasteiger charge is 2.10. The first-order chi connectivity index (χ1) is 8.49. The minimum Gasteiger partial charge on any atom is -0.481 e. The van der Waals surface area contributed by atoms with Crippen molar-refractivity contribution >= 4 is 23.5 Å². The SMILES string of the molecule is O=C(O)CCc1ccccc1NC(=O)CC(=O)O. The molecule has 96 valence electrons. The summed E-state index contributed by atoms with van der Waals surface area (Å²) in [4.78, 5) is 32.2. The second-order valence-electron chi connectivity index (χ2n) is 3.67. The number of rotatable bonds is 6. The summed E-state index contributed by atoms with van der Waals surface area (Å²) >= 11 is 0. The molecule has 0 radical (unpaired) electrons. The maximum atomic E-state index is 11.3. The third-order valence-corrected chi connectivity index (χ3v) is 2.21. The molecule has 6 nitrogen and oxygen atoms in total. The first-order valence-corrected chi connectivity index (χ1v) is 5.30. The first-order valence-electron chi connectivity index (χ1n) is 5.30. The van der Waals surface area contributed by atoms with E-state index in [0.29, 0.717) is 11.3 Å². The van der Waals surface area contributed by atoms with Gasteiger partial charge in [0.1, 0.15) is 6.42 Å². The molecule has 6 heteroatoms. The zero-order valence-electron chi connectivity index (χ0n) is 9.55. The fourth-order valence-electron chi connectivity index (χ4n) is 1.43. The van der Waals surface area contributed by atoms with E-state index in [1.54, 1.807) is 24.3 Å². The number of hydrogen-bond acceptors (Lipinski definition) is 3. The Bertz CT molecular complexity index is 469. The maximum absolute atomic E-state index is 11.3. The number of nitrogens with one attached hydrogen (secondary N) is 1. The fraction of sp³-hybridized carbons (Fsp3) is 0.250. The molecule has 0 fully saturated rings. The minimum atomic E-state index is -1.21. The summed E-state index contributed by atoms with van der Waals surface area (Å²) in [5.74, 6) is -2.78. The lowest BCUT2D eigenvalue weighted by Gasteiger charge is -2.09.